The summed E-state index contributed by atoms with van der Waals surface area (Å²) in [6, 6.07) is 4.29. The Bertz CT molecular complexity index is 388. The van der Waals surface area contributed by atoms with E-state index in [2.05, 4.69) is 21.2 Å². The second-order valence-corrected chi connectivity index (χ2v) is 4.43. The highest BCUT2D eigenvalue weighted by atomic mass is 79.9. The van der Waals surface area contributed by atoms with Gasteiger partial charge in [-0.05, 0) is 47.0 Å². The number of halogens is 3. The van der Waals surface area contributed by atoms with Crippen LogP contribution in [-0.2, 0) is 11.2 Å². The minimum atomic E-state index is -0.500. The molecule has 96 valence electrons. The molecular formula is C11H15BrClFN2O. The molecule has 0 spiro atoms. The summed E-state index contributed by atoms with van der Waals surface area (Å²) >= 11 is 3.11. The molecule has 6 heteroatoms. The highest BCUT2D eigenvalue weighted by Crippen LogP contribution is 2.16. The first-order valence-corrected chi connectivity index (χ1v) is 5.77. The third-order valence-corrected chi connectivity index (χ3v) is 2.72. The Kier molecular flexibility index (Phi) is 7.34. The second kappa shape index (κ2) is 7.63. The summed E-state index contributed by atoms with van der Waals surface area (Å²) in [4.78, 5) is 11.1. The molecule has 0 fully saturated rings. The molecule has 0 aliphatic rings. The summed E-state index contributed by atoms with van der Waals surface area (Å²) in [5.41, 5.74) is 6.35. The van der Waals surface area contributed by atoms with Crippen molar-refractivity contribution in [2.75, 3.05) is 6.54 Å². The Hall–Kier alpha value is -0.650. The zero-order valence-corrected chi connectivity index (χ0v) is 11.8. The summed E-state index contributed by atoms with van der Waals surface area (Å²) < 4.78 is 13.4. The summed E-state index contributed by atoms with van der Waals surface area (Å²) in [6.07, 6.45) is 0.650. The molecule has 0 heterocycles. The molecule has 1 aromatic rings. The zero-order chi connectivity index (χ0) is 12.1. The minimum Gasteiger partial charge on any atom is -0.354 e. The van der Waals surface area contributed by atoms with Gasteiger partial charge in [-0.2, -0.15) is 0 Å². The lowest BCUT2D eigenvalue weighted by atomic mass is 10.1. The van der Waals surface area contributed by atoms with Crippen LogP contribution >= 0.6 is 28.3 Å². The number of hydrogen-bond donors (Lipinski definition) is 2. The van der Waals surface area contributed by atoms with Gasteiger partial charge in [-0.1, -0.05) is 6.07 Å². The molecule has 0 radical (unpaired) electrons. The third kappa shape index (κ3) is 5.48. The van der Waals surface area contributed by atoms with E-state index in [1.807, 2.05) is 0 Å². The number of carbonyl (C=O) groups is 1. The number of nitrogens with two attached hydrogens (primary N) is 1. The van der Waals surface area contributed by atoms with Gasteiger partial charge in [0.25, 0.3) is 0 Å². The van der Waals surface area contributed by atoms with Gasteiger partial charge in [0.05, 0.1) is 10.5 Å². The average molecular weight is 326 g/mol. The lowest BCUT2D eigenvalue weighted by Crippen LogP contribution is -2.39. The van der Waals surface area contributed by atoms with Crippen molar-refractivity contribution in [3.05, 3.63) is 34.1 Å². The third-order valence-electron chi connectivity index (χ3n) is 2.11. The average Bonchev–Trinajstić information content (AvgIpc) is 2.23. The molecule has 3 N–H and O–H groups in total. The first-order valence-electron chi connectivity index (χ1n) is 4.98. The van der Waals surface area contributed by atoms with Crippen molar-refractivity contribution >= 4 is 34.2 Å². The fraction of sp³-hybridized carbons (Fsp3) is 0.364. The van der Waals surface area contributed by atoms with Gasteiger partial charge in [-0.3, -0.25) is 4.79 Å². The molecule has 0 aromatic heterocycles. The molecule has 0 aliphatic heterocycles. The summed E-state index contributed by atoms with van der Waals surface area (Å²) in [5.74, 6) is -0.468. The summed E-state index contributed by atoms with van der Waals surface area (Å²) in [5, 5.41) is 2.69. The number of benzene rings is 1. The molecule has 0 saturated heterocycles. The van der Waals surface area contributed by atoms with Crippen LogP contribution in [0.4, 0.5) is 4.39 Å². The van der Waals surface area contributed by atoms with Crippen LogP contribution < -0.4 is 11.1 Å². The molecule has 3 nitrogen and oxygen atoms in total. The molecule has 0 bridgehead atoms. The van der Waals surface area contributed by atoms with Crippen LogP contribution in [0.5, 0.6) is 0 Å². The molecular weight excluding hydrogens is 310 g/mol. The maximum absolute atomic E-state index is 12.9. The lowest BCUT2D eigenvalue weighted by Gasteiger charge is -2.07. The van der Waals surface area contributed by atoms with E-state index < -0.39 is 6.04 Å². The van der Waals surface area contributed by atoms with E-state index in [1.165, 1.54) is 6.07 Å². The van der Waals surface area contributed by atoms with Gasteiger partial charge in [-0.25, -0.2) is 4.39 Å². The normalized spacial score (nSPS) is 11.5. The minimum absolute atomic E-state index is 0. The molecule has 1 aromatic carbocycles. The van der Waals surface area contributed by atoms with E-state index in [1.54, 1.807) is 19.1 Å². The molecule has 17 heavy (non-hydrogen) atoms. The number of carbonyl (C=O) groups excluding carboxylic acids is 1. The van der Waals surface area contributed by atoms with Crippen molar-refractivity contribution in [1.29, 1.82) is 0 Å². The fourth-order valence-electron chi connectivity index (χ4n) is 1.19. The van der Waals surface area contributed by atoms with Crippen molar-refractivity contribution in [1.82, 2.24) is 5.32 Å². The predicted molar refractivity (Wildman–Crippen MR) is 71.7 cm³/mol. The number of nitrogens with one attached hydrogen (secondary N) is 1. The van der Waals surface area contributed by atoms with Crippen LogP contribution in [0.2, 0.25) is 0 Å². The van der Waals surface area contributed by atoms with Gasteiger partial charge in [0.2, 0.25) is 5.91 Å². The molecule has 1 amide bonds. The van der Waals surface area contributed by atoms with E-state index in [4.69, 9.17) is 5.73 Å². The highest BCUT2D eigenvalue weighted by molar-refractivity contribution is 9.10. The number of amides is 1. The standard InChI is InChI=1S/C11H14BrFN2O.ClH/c1-7(14)11(16)15-5-4-8-2-3-10(13)9(12)6-8;/h2-3,6-7H,4-5,14H2,1H3,(H,15,16);1H/t7-;/m1./s1. The topological polar surface area (TPSA) is 55.1 Å². The lowest BCUT2D eigenvalue weighted by molar-refractivity contribution is -0.121. The largest absolute Gasteiger partial charge is 0.354 e. The van der Waals surface area contributed by atoms with Gasteiger partial charge in [0, 0.05) is 6.54 Å². The van der Waals surface area contributed by atoms with E-state index in [0.717, 1.165) is 5.56 Å². The van der Waals surface area contributed by atoms with Crippen LogP contribution in [0.1, 0.15) is 12.5 Å². The maximum Gasteiger partial charge on any atom is 0.236 e. The van der Waals surface area contributed by atoms with Crippen molar-refractivity contribution in [2.45, 2.75) is 19.4 Å². The zero-order valence-electron chi connectivity index (χ0n) is 9.37. The molecule has 1 rings (SSSR count). The first kappa shape index (κ1) is 16.4. The first-order chi connectivity index (χ1) is 7.50. The molecule has 1 atom stereocenters. The smallest absolute Gasteiger partial charge is 0.236 e. The maximum atomic E-state index is 12.9. The Morgan fingerprint density at radius 3 is 2.76 bits per heavy atom. The second-order valence-electron chi connectivity index (χ2n) is 3.58. The van der Waals surface area contributed by atoms with Gasteiger partial charge >= 0.3 is 0 Å². The Morgan fingerprint density at radius 2 is 2.24 bits per heavy atom. The van der Waals surface area contributed by atoms with Crippen molar-refractivity contribution in [3.8, 4) is 0 Å². The van der Waals surface area contributed by atoms with E-state index in [-0.39, 0.29) is 24.1 Å². The SMILES string of the molecule is C[C@@H](N)C(=O)NCCc1ccc(F)c(Br)c1.Cl. The van der Waals surface area contributed by atoms with Crippen molar-refractivity contribution in [2.24, 2.45) is 5.73 Å². The fourth-order valence-corrected chi connectivity index (χ4v) is 1.61. The Labute approximate surface area is 114 Å². The van der Waals surface area contributed by atoms with E-state index in [9.17, 15) is 9.18 Å². The van der Waals surface area contributed by atoms with Crippen molar-refractivity contribution < 1.29 is 9.18 Å². The van der Waals surface area contributed by atoms with Gasteiger partial charge in [0.15, 0.2) is 0 Å². The van der Waals surface area contributed by atoms with Crippen LogP contribution in [0, 0.1) is 5.82 Å². The Balaban J connectivity index is 0.00000256. The van der Waals surface area contributed by atoms with E-state index in [0.29, 0.717) is 17.4 Å². The van der Waals surface area contributed by atoms with Gasteiger partial charge < -0.3 is 11.1 Å². The summed E-state index contributed by atoms with van der Waals surface area (Å²) in [6.45, 7) is 2.13. The van der Waals surface area contributed by atoms with Crippen LogP contribution in [-0.4, -0.2) is 18.5 Å². The van der Waals surface area contributed by atoms with Crippen molar-refractivity contribution in [3.63, 3.8) is 0 Å². The van der Waals surface area contributed by atoms with Crippen LogP contribution in [0.3, 0.4) is 0 Å². The summed E-state index contributed by atoms with van der Waals surface area (Å²) in [7, 11) is 0. The monoisotopic (exact) mass is 324 g/mol. The van der Waals surface area contributed by atoms with E-state index >= 15 is 0 Å². The molecule has 0 aliphatic carbocycles. The predicted octanol–water partition coefficient (Wildman–Crippen LogP) is 2.02. The number of hydrogen-bond acceptors (Lipinski definition) is 2. The molecule has 0 unspecified atom stereocenters. The number of rotatable bonds is 4. The quantitative estimate of drug-likeness (QED) is 0.890. The van der Waals surface area contributed by atoms with Gasteiger partial charge in [0.1, 0.15) is 5.82 Å². The Morgan fingerprint density at radius 1 is 1.59 bits per heavy atom. The highest BCUT2D eigenvalue weighted by Gasteiger charge is 2.06. The van der Waals surface area contributed by atoms with Crippen LogP contribution in [0.15, 0.2) is 22.7 Å². The van der Waals surface area contributed by atoms with Gasteiger partial charge in [-0.15, -0.1) is 12.4 Å². The van der Waals surface area contributed by atoms with Crippen LogP contribution in [0.25, 0.3) is 0 Å². The molecule has 0 saturated carbocycles.